The fourth-order valence-corrected chi connectivity index (χ4v) is 5.33. The van der Waals surface area contributed by atoms with Gasteiger partial charge in [0.25, 0.3) is 0 Å². The van der Waals surface area contributed by atoms with Crippen molar-refractivity contribution in [1.29, 1.82) is 0 Å². The van der Waals surface area contributed by atoms with Gasteiger partial charge in [-0.1, -0.05) is 49.4 Å². The molecule has 0 saturated heterocycles. The van der Waals surface area contributed by atoms with E-state index in [9.17, 15) is 9.90 Å². The Bertz CT molecular complexity index is 1460. The molecule has 2 aromatic carbocycles. The smallest absolute Gasteiger partial charge is 0.326 e. The van der Waals surface area contributed by atoms with Gasteiger partial charge in [-0.25, -0.2) is 14.8 Å². The van der Waals surface area contributed by atoms with Crippen LogP contribution in [0.4, 0.5) is 5.82 Å². The SMILES string of the molecule is CCc1sc2ncnc(N[C@H](Cc3ccccc3)C(=O)O)c2c1-c1cccc2c1cnn2C. The average molecular weight is 458 g/mol. The Labute approximate surface area is 194 Å². The lowest BCUT2D eigenvalue weighted by atomic mass is 9.98. The maximum Gasteiger partial charge on any atom is 0.326 e. The van der Waals surface area contributed by atoms with Gasteiger partial charge in [-0.05, 0) is 23.6 Å². The zero-order valence-corrected chi connectivity index (χ0v) is 19.1. The summed E-state index contributed by atoms with van der Waals surface area (Å²) < 4.78 is 1.86. The predicted molar refractivity (Wildman–Crippen MR) is 132 cm³/mol. The first kappa shape index (κ1) is 21.1. The number of hydrogen-bond acceptors (Lipinski definition) is 6. The van der Waals surface area contributed by atoms with E-state index in [1.165, 1.54) is 11.2 Å². The predicted octanol–water partition coefficient (Wildman–Crippen LogP) is 4.92. The van der Waals surface area contributed by atoms with Gasteiger partial charge in [0, 0.05) is 29.3 Å². The van der Waals surface area contributed by atoms with Crippen molar-refractivity contribution in [2.75, 3.05) is 5.32 Å². The fraction of sp³-hybridized carbons (Fsp3) is 0.200. The van der Waals surface area contributed by atoms with Crippen LogP contribution in [0, 0.1) is 0 Å². The van der Waals surface area contributed by atoms with Gasteiger partial charge < -0.3 is 10.4 Å². The zero-order valence-electron chi connectivity index (χ0n) is 18.3. The number of aromatic nitrogens is 4. The number of fused-ring (bicyclic) bond motifs is 2. The number of carboxylic acids is 1. The highest BCUT2D eigenvalue weighted by atomic mass is 32.1. The Morgan fingerprint density at radius 1 is 1.15 bits per heavy atom. The number of benzene rings is 2. The lowest BCUT2D eigenvalue weighted by Crippen LogP contribution is -2.32. The molecule has 0 aliphatic carbocycles. The molecular formula is C25H23N5O2S. The molecule has 0 amide bonds. The van der Waals surface area contributed by atoms with Crippen molar-refractivity contribution < 1.29 is 9.90 Å². The Morgan fingerprint density at radius 2 is 1.97 bits per heavy atom. The van der Waals surface area contributed by atoms with Crippen LogP contribution < -0.4 is 5.32 Å². The summed E-state index contributed by atoms with van der Waals surface area (Å²) >= 11 is 1.62. The van der Waals surface area contributed by atoms with Crippen LogP contribution in [0.1, 0.15) is 17.4 Å². The number of aryl methyl sites for hydroxylation is 2. The topological polar surface area (TPSA) is 92.9 Å². The van der Waals surface area contributed by atoms with Crippen molar-refractivity contribution >= 4 is 44.2 Å². The molecule has 8 heteroatoms. The normalized spacial score (nSPS) is 12.3. The number of anilines is 1. The molecule has 0 unspecified atom stereocenters. The maximum absolute atomic E-state index is 12.1. The molecule has 3 heterocycles. The highest BCUT2D eigenvalue weighted by Gasteiger charge is 2.24. The second kappa shape index (κ2) is 8.63. The molecule has 166 valence electrons. The molecule has 33 heavy (non-hydrogen) atoms. The summed E-state index contributed by atoms with van der Waals surface area (Å²) in [6, 6.07) is 14.9. The number of thiophene rings is 1. The third-order valence-electron chi connectivity index (χ3n) is 5.84. The van der Waals surface area contributed by atoms with E-state index in [-0.39, 0.29) is 0 Å². The Morgan fingerprint density at radius 3 is 2.73 bits per heavy atom. The minimum absolute atomic E-state index is 0.347. The monoisotopic (exact) mass is 457 g/mol. The number of rotatable bonds is 7. The first-order valence-corrected chi connectivity index (χ1v) is 11.6. The number of carboxylic acid groups (broad SMARTS) is 1. The molecule has 0 aliphatic heterocycles. The van der Waals surface area contributed by atoms with E-state index in [4.69, 9.17) is 0 Å². The summed E-state index contributed by atoms with van der Waals surface area (Å²) in [5.74, 6) is -0.386. The highest BCUT2D eigenvalue weighted by Crippen LogP contribution is 2.43. The minimum Gasteiger partial charge on any atom is -0.480 e. The average Bonchev–Trinajstić information content (AvgIpc) is 3.40. The molecule has 5 aromatic rings. The van der Waals surface area contributed by atoms with Gasteiger partial charge in [0.1, 0.15) is 23.0 Å². The lowest BCUT2D eigenvalue weighted by Gasteiger charge is -2.16. The second-order valence-electron chi connectivity index (χ2n) is 7.89. The lowest BCUT2D eigenvalue weighted by molar-refractivity contribution is -0.137. The van der Waals surface area contributed by atoms with Gasteiger partial charge in [-0.2, -0.15) is 5.10 Å². The number of hydrogen-bond donors (Lipinski definition) is 2. The minimum atomic E-state index is -0.924. The molecule has 1 atom stereocenters. The van der Waals surface area contributed by atoms with Gasteiger partial charge in [0.2, 0.25) is 0 Å². The van der Waals surface area contributed by atoms with Crippen LogP contribution >= 0.6 is 11.3 Å². The molecule has 0 bridgehead atoms. The molecule has 0 spiro atoms. The van der Waals surface area contributed by atoms with Gasteiger partial charge in [-0.15, -0.1) is 11.3 Å². The van der Waals surface area contributed by atoms with Crippen LogP contribution in [0.15, 0.2) is 61.1 Å². The molecule has 0 radical (unpaired) electrons. The summed E-state index contributed by atoms with van der Waals surface area (Å²) in [5.41, 5.74) is 4.08. The van der Waals surface area contributed by atoms with E-state index in [1.807, 2.05) is 60.4 Å². The van der Waals surface area contributed by atoms with E-state index in [0.717, 1.165) is 44.2 Å². The van der Waals surface area contributed by atoms with E-state index in [1.54, 1.807) is 11.3 Å². The van der Waals surface area contributed by atoms with Gasteiger partial charge >= 0.3 is 5.97 Å². The quantitative estimate of drug-likeness (QED) is 0.361. The van der Waals surface area contributed by atoms with E-state index < -0.39 is 12.0 Å². The van der Waals surface area contributed by atoms with Crippen LogP contribution in [0.5, 0.6) is 0 Å². The van der Waals surface area contributed by atoms with Crippen LogP contribution in [-0.4, -0.2) is 36.9 Å². The third kappa shape index (κ3) is 3.82. The van der Waals surface area contributed by atoms with Gasteiger partial charge in [-0.3, -0.25) is 4.68 Å². The van der Waals surface area contributed by atoms with Crippen molar-refractivity contribution in [2.45, 2.75) is 25.8 Å². The van der Waals surface area contributed by atoms with E-state index in [0.29, 0.717) is 12.2 Å². The number of carbonyl (C=O) groups is 1. The van der Waals surface area contributed by atoms with E-state index >= 15 is 0 Å². The first-order chi connectivity index (χ1) is 16.1. The standard InChI is InChI=1S/C25H23N5O2S/c1-3-20-21(16-10-7-11-19-17(16)13-28-30(19)2)22-23(26-14-27-24(22)33-20)29-18(25(31)32)12-15-8-5-4-6-9-15/h4-11,13-14,18H,3,12H2,1-2H3,(H,31,32)(H,26,27,29)/t18-/m1/s1. The summed E-state index contributed by atoms with van der Waals surface area (Å²) in [7, 11) is 1.93. The van der Waals surface area contributed by atoms with E-state index in [2.05, 4.69) is 33.4 Å². The van der Waals surface area contributed by atoms with Crippen LogP contribution in [-0.2, 0) is 24.7 Å². The third-order valence-corrected chi connectivity index (χ3v) is 7.08. The summed E-state index contributed by atoms with van der Waals surface area (Å²) in [4.78, 5) is 23.1. The number of aliphatic carboxylic acids is 1. The summed E-state index contributed by atoms with van der Waals surface area (Å²) in [6.45, 7) is 2.12. The largest absolute Gasteiger partial charge is 0.480 e. The highest BCUT2D eigenvalue weighted by molar-refractivity contribution is 7.19. The van der Waals surface area contributed by atoms with Crippen LogP contribution in [0.3, 0.4) is 0 Å². The molecular weight excluding hydrogens is 434 g/mol. The number of nitrogens with one attached hydrogen (secondary N) is 1. The summed E-state index contributed by atoms with van der Waals surface area (Å²) in [5, 5.41) is 19.5. The second-order valence-corrected chi connectivity index (χ2v) is 8.97. The van der Waals surface area contributed by atoms with Gasteiger partial charge in [0.15, 0.2) is 0 Å². The van der Waals surface area contributed by atoms with Crippen LogP contribution in [0.25, 0.3) is 32.2 Å². The van der Waals surface area contributed by atoms with Crippen molar-refractivity contribution in [3.8, 4) is 11.1 Å². The summed E-state index contributed by atoms with van der Waals surface area (Å²) in [6.07, 6.45) is 4.55. The van der Waals surface area contributed by atoms with Crippen molar-refractivity contribution in [1.82, 2.24) is 19.7 Å². The molecule has 5 rings (SSSR count). The van der Waals surface area contributed by atoms with Crippen molar-refractivity contribution in [3.05, 3.63) is 71.5 Å². The molecule has 3 aromatic heterocycles. The zero-order chi connectivity index (χ0) is 22.9. The van der Waals surface area contributed by atoms with Crippen LogP contribution in [0.2, 0.25) is 0 Å². The molecule has 0 saturated carbocycles. The fourth-order valence-electron chi connectivity index (χ4n) is 4.23. The van der Waals surface area contributed by atoms with Crippen molar-refractivity contribution in [2.24, 2.45) is 7.05 Å². The van der Waals surface area contributed by atoms with Crippen molar-refractivity contribution in [3.63, 3.8) is 0 Å². The molecule has 0 aliphatic rings. The maximum atomic E-state index is 12.1. The Hall–Kier alpha value is -3.78. The number of nitrogens with zero attached hydrogens (tertiary/aromatic N) is 4. The molecule has 0 fully saturated rings. The first-order valence-electron chi connectivity index (χ1n) is 10.8. The Balaban J connectivity index is 1.66. The molecule has 2 N–H and O–H groups in total. The molecule has 7 nitrogen and oxygen atoms in total. The Kier molecular flexibility index (Phi) is 5.51. The van der Waals surface area contributed by atoms with Gasteiger partial charge in [0.05, 0.1) is 17.1 Å².